The number of rotatable bonds is 5. The molecule has 3 N–H and O–H groups in total. The van der Waals surface area contributed by atoms with Crippen molar-refractivity contribution in [2.75, 3.05) is 19.6 Å². The van der Waals surface area contributed by atoms with Crippen molar-refractivity contribution in [2.45, 2.75) is 76.4 Å². The third-order valence-electron chi connectivity index (χ3n) is 7.29. The van der Waals surface area contributed by atoms with Gasteiger partial charge >= 0.3 is 12.1 Å². The fourth-order valence-electron chi connectivity index (χ4n) is 5.08. The van der Waals surface area contributed by atoms with Crippen LogP contribution in [0.5, 0.6) is 0 Å². The molecule has 1 aromatic carbocycles. The lowest BCUT2D eigenvalue weighted by atomic mass is 9.91. The fraction of sp³-hybridized carbons (Fsp3) is 0.600. The quantitative estimate of drug-likeness (QED) is 0.575. The molecule has 9 heteroatoms. The van der Waals surface area contributed by atoms with Crippen LogP contribution < -0.4 is 16.0 Å². The molecule has 2 heterocycles. The van der Waals surface area contributed by atoms with Crippen LogP contribution in [0, 0.1) is 6.92 Å². The van der Waals surface area contributed by atoms with Gasteiger partial charge in [0.2, 0.25) is 5.91 Å². The summed E-state index contributed by atoms with van der Waals surface area (Å²) in [5, 5.41) is 8.80. The molecule has 34 heavy (non-hydrogen) atoms. The summed E-state index contributed by atoms with van der Waals surface area (Å²) in [5.41, 5.74) is 0.540. The van der Waals surface area contributed by atoms with Crippen LogP contribution in [0.25, 0.3) is 0 Å². The Hall–Kier alpha value is -3.10. The Morgan fingerprint density at radius 2 is 1.59 bits per heavy atom. The number of nitrogens with zero attached hydrogens (tertiary/aromatic N) is 2. The summed E-state index contributed by atoms with van der Waals surface area (Å²) in [6, 6.07) is 6.99. The highest BCUT2D eigenvalue weighted by molar-refractivity contribution is 6.09. The van der Waals surface area contributed by atoms with E-state index < -0.39 is 17.5 Å². The SMILES string of the molecule is Cc1ccc(C2(C)NC(=O)N(CC(=O)NC3CCN(C(=O)NC4CCCCC4)CC3)C2=O)cc1. The van der Waals surface area contributed by atoms with Crippen LogP contribution >= 0.6 is 0 Å². The van der Waals surface area contributed by atoms with E-state index in [0.717, 1.165) is 23.3 Å². The third kappa shape index (κ3) is 5.18. The number of nitrogens with one attached hydrogen (secondary N) is 3. The summed E-state index contributed by atoms with van der Waals surface area (Å²) in [5.74, 6) is -0.813. The predicted molar refractivity (Wildman–Crippen MR) is 127 cm³/mol. The van der Waals surface area contributed by atoms with Gasteiger partial charge in [-0.1, -0.05) is 49.1 Å². The molecule has 9 nitrogen and oxygen atoms in total. The number of urea groups is 2. The minimum absolute atomic E-state index is 0.0218. The Kier molecular flexibility index (Phi) is 7.09. The van der Waals surface area contributed by atoms with Crippen LogP contribution in [-0.2, 0) is 15.1 Å². The number of carbonyl (C=O) groups excluding carboxylic acids is 4. The molecule has 3 aliphatic rings. The number of piperidine rings is 1. The smallest absolute Gasteiger partial charge is 0.325 e. The minimum atomic E-state index is -1.19. The number of amides is 6. The molecule has 0 radical (unpaired) electrons. The van der Waals surface area contributed by atoms with Gasteiger partial charge in [-0.15, -0.1) is 0 Å². The van der Waals surface area contributed by atoms with Crippen molar-refractivity contribution < 1.29 is 19.2 Å². The molecule has 0 aromatic heterocycles. The monoisotopic (exact) mass is 469 g/mol. The lowest BCUT2D eigenvalue weighted by Gasteiger charge is -2.34. The zero-order chi connectivity index (χ0) is 24.3. The van der Waals surface area contributed by atoms with E-state index in [-0.39, 0.29) is 30.6 Å². The van der Waals surface area contributed by atoms with Gasteiger partial charge in [-0.25, -0.2) is 9.59 Å². The fourth-order valence-corrected chi connectivity index (χ4v) is 5.08. The molecule has 2 aliphatic heterocycles. The largest absolute Gasteiger partial charge is 0.352 e. The Morgan fingerprint density at radius 1 is 0.971 bits per heavy atom. The van der Waals surface area contributed by atoms with Gasteiger partial charge in [0, 0.05) is 25.2 Å². The number of hydrogen-bond acceptors (Lipinski definition) is 4. The Labute approximate surface area is 200 Å². The van der Waals surface area contributed by atoms with Gasteiger partial charge in [0.1, 0.15) is 12.1 Å². The van der Waals surface area contributed by atoms with Crippen molar-refractivity contribution in [3.63, 3.8) is 0 Å². The second kappa shape index (κ2) is 10.0. The average Bonchev–Trinajstić information content (AvgIpc) is 3.04. The van der Waals surface area contributed by atoms with Crippen molar-refractivity contribution in [1.29, 1.82) is 0 Å². The third-order valence-corrected chi connectivity index (χ3v) is 7.29. The molecule has 3 fully saturated rings. The molecule has 0 spiro atoms. The highest BCUT2D eigenvalue weighted by atomic mass is 16.2. The van der Waals surface area contributed by atoms with Crippen molar-refractivity contribution >= 4 is 23.9 Å². The maximum atomic E-state index is 13.0. The van der Waals surface area contributed by atoms with Gasteiger partial charge in [0.05, 0.1) is 0 Å². The molecule has 1 aliphatic carbocycles. The van der Waals surface area contributed by atoms with Crippen molar-refractivity contribution in [3.8, 4) is 0 Å². The van der Waals surface area contributed by atoms with Crippen LogP contribution in [0.15, 0.2) is 24.3 Å². The van der Waals surface area contributed by atoms with Crippen LogP contribution in [0.3, 0.4) is 0 Å². The van der Waals surface area contributed by atoms with E-state index in [0.29, 0.717) is 31.5 Å². The summed E-state index contributed by atoms with van der Waals surface area (Å²) in [4.78, 5) is 53.5. The Bertz CT molecular complexity index is 935. The van der Waals surface area contributed by atoms with Gasteiger partial charge in [-0.2, -0.15) is 0 Å². The van der Waals surface area contributed by atoms with Crippen molar-refractivity contribution in [1.82, 2.24) is 25.8 Å². The molecule has 4 rings (SSSR count). The van der Waals surface area contributed by atoms with Gasteiger partial charge < -0.3 is 20.9 Å². The molecular weight excluding hydrogens is 434 g/mol. The minimum Gasteiger partial charge on any atom is -0.352 e. The second-order valence-corrected chi connectivity index (χ2v) is 9.93. The summed E-state index contributed by atoms with van der Waals surface area (Å²) in [6.45, 7) is 4.42. The first-order chi connectivity index (χ1) is 16.3. The Balaban J connectivity index is 1.25. The molecule has 1 aromatic rings. The normalized spacial score (nSPS) is 24.2. The topological polar surface area (TPSA) is 111 Å². The molecule has 0 bridgehead atoms. The number of imide groups is 1. The first kappa shape index (κ1) is 24.0. The number of aryl methyl sites for hydroxylation is 1. The van der Waals surface area contributed by atoms with E-state index in [9.17, 15) is 19.2 Å². The average molecular weight is 470 g/mol. The van der Waals surface area contributed by atoms with Crippen LogP contribution in [0.2, 0.25) is 0 Å². The van der Waals surface area contributed by atoms with Crippen molar-refractivity contribution in [2.24, 2.45) is 0 Å². The summed E-state index contributed by atoms with van der Waals surface area (Å²) < 4.78 is 0. The highest BCUT2D eigenvalue weighted by Crippen LogP contribution is 2.29. The standard InChI is InChI=1S/C25H35N5O4/c1-17-8-10-18(11-9-17)25(2)22(32)30(24(34)28-25)16-21(31)26-20-12-14-29(15-13-20)23(33)27-19-6-4-3-5-7-19/h8-11,19-20H,3-7,12-16H2,1-2H3,(H,26,31)(H,27,33)(H,28,34). The van der Waals surface area contributed by atoms with E-state index >= 15 is 0 Å². The van der Waals surface area contributed by atoms with Gasteiger partial charge in [-0.05, 0) is 45.1 Å². The maximum Gasteiger partial charge on any atom is 0.325 e. The number of carbonyl (C=O) groups is 4. The second-order valence-electron chi connectivity index (χ2n) is 9.93. The van der Waals surface area contributed by atoms with E-state index in [4.69, 9.17) is 0 Å². The zero-order valence-electron chi connectivity index (χ0n) is 20.1. The number of benzene rings is 1. The van der Waals surface area contributed by atoms with E-state index in [2.05, 4.69) is 16.0 Å². The van der Waals surface area contributed by atoms with Crippen molar-refractivity contribution in [3.05, 3.63) is 35.4 Å². The highest BCUT2D eigenvalue weighted by Gasteiger charge is 2.49. The van der Waals surface area contributed by atoms with Gasteiger partial charge in [-0.3, -0.25) is 14.5 Å². The number of hydrogen-bond donors (Lipinski definition) is 3. The predicted octanol–water partition coefficient (Wildman–Crippen LogP) is 2.38. The van der Waals surface area contributed by atoms with Crippen LogP contribution in [0.4, 0.5) is 9.59 Å². The van der Waals surface area contributed by atoms with Crippen LogP contribution in [-0.4, -0.2) is 65.4 Å². The lowest BCUT2D eigenvalue weighted by molar-refractivity contribution is -0.135. The molecule has 6 amide bonds. The molecule has 1 atom stereocenters. The zero-order valence-corrected chi connectivity index (χ0v) is 20.1. The first-order valence-electron chi connectivity index (χ1n) is 12.3. The lowest BCUT2D eigenvalue weighted by Crippen LogP contribution is -2.52. The molecule has 1 saturated carbocycles. The molecular formula is C25H35N5O4. The molecule has 1 unspecified atom stereocenters. The van der Waals surface area contributed by atoms with E-state index in [1.165, 1.54) is 19.3 Å². The van der Waals surface area contributed by atoms with Gasteiger partial charge in [0.25, 0.3) is 5.91 Å². The van der Waals surface area contributed by atoms with E-state index in [1.807, 2.05) is 36.1 Å². The number of likely N-dealkylation sites (tertiary alicyclic amines) is 1. The summed E-state index contributed by atoms with van der Waals surface area (Å²) in [6.07, 6.45) is 6.96. The van der Waals surface area contributed by atoms with Gasteiger partial charge in [0.15, 0.2) is 0 Å². The van der Waals surface area contributed by atoms with Crippen LogP contribution in [0.1, 0.15) is 63.0 Å². The molecule has 2 saturated heterocycles. The first-order valence-corrected chi connectivity index (χ1v) is 12.3. The van der Waals surface area contributed by atoms with E-state index in [1.54, 1.807) is 6.92 Å². The maximum absolute atomic E-state index is 13.0. The Morgan fingerprint density at radius 3 is 2.24 bits per heavy atom. The summed E-state index contributed by atoms with van der Waals surface area (Å²) in [7, 11) is 0. The molecule has 184 valence electrons. The summed E-state index contributed by atoms with van der Waals surface area (Å²) >= 11 is 0.